The van der Waals surface area contributed by atoms with Gasteiger partial charge in [0.25, 0.3) is 0 Å². The van der Waals surface area contributed by atoms with Crippen LogP contribution in [-0.2, 0) is 13.2 Å². The monoisotopic (exact) mass is 425 g/mol. The fraction of sp³-hybridized carbons (Fsp3) is 0.278. The number of halogens is 1. The number of benzene rings is 2. The van der Waals surface area contributed by atoms with Crippen LogP contribution < -0.4 is 15.8 Å². The van der Waals surface area contributed by atoms with Crippen LogP contribution in [-0.4, -0.2) is 12.5 Å². The van der Waals surface area contributed by atoms with Crippen LogP contribution >= 0.6 is 24.0 Å². The first kappa shape index (κ1) is 19.3. The van der Waals surface area contributed by atoms with E-state index < -0.39 is 0 Å². The number of nitrogens with two attached hydrogens (primary N) is 1. The van der Waals surface area contributed by atoms with E-state index in [1.807, 2.05) is 42.5 Å². The molecular weight excluding hydrogens is 401 g/mol. The van der Waals surface area contributed by atoms with Gasteiger partial charge in [0, 0.05) is 6.54 Å². The zero-order valence-electron chi connectivity index (χ0n) is 13.4. The molecule has 0 fully saturated rings. The number of hydrogen-bond donors (Lipinski definition) is 2. The smallest absolute Gasteiger partial charge is 0.188 e. The Morgan fingerprint density at radius 3 is 2.39 bits per heavy atom. The zero-order valence-corrected chi connectivity index (χ0v) is 15.7. The number of nitrogens with zero attached hydrogens (tertiary/aromatic N) is 1. The van der Waals surface area contributed by atoms with E-state index in [4.69, 9.17) is 10.5 Å². The summed E-state index contributed by atoms with van der Waals surface area (Å²) in [6.07, 6.45) is 1.03. The summed E-state index contributed by atoms with van der Waals surface area (Å²) in [6, 6.07) is 18.1. The van der Waals surface area contributed by atoms with Crippen molar-refractivity contribution in [3.05, 3.63) is 65.7 Å². The first-order valence-corrected chi connectivity index (χ1v) is 7.57. The Morgan fingerprint density at radius 2 is 1.74 bits per heavy atom. The molecule has 0 saturated heterocycles. The lowest BCUT2D eigenvalue weighted by Gasteiger charge is -2.07. The van der Waals surface area contributed by atoms with Crippen molar-refractivity contribution >= 4 is 29.9 Å². The van der Waals surface area contributed by atoms with Gasteiger partial charge in [-0.15, -0.1) is 24.0 Å². The second-order valence-electron chi connectivity index (χ2n) is 5.05. The van der Waals surface area contributed by atoms with Gasteiger partial charge in [0.1, 0.15) is 12.4 Å². The van der Waals surface area contributed by atoms with E-state index in [-0.39, 0.29) is 24.0 Å². The highest BCUT2D eigenvalue weighted by Crippen LogP contribution is 2.14. The van der Waals surface area contributed by atoms with Gasteiger partial charge in [-0.25, -0.2) is 4.99 Å². The predicted octanol–water partition coefficient (Wildman–Crippen LogP) is 3.70. The highest BCUT2D eigenvalue weighted by atomic mass is 127. The van der Waals surface area contributed by atoms with Gasteiger partial charge in [-0.1, -0.05) is 49.4 Å². The average molecular weight is 425 g/mol. The highest BCUT2D eigenvalue weighted by Gasteiger charge is 1.97. The van der Waals surface area contributed by atoms with E-state index in [0.717, 1.165) is 29.8 Å². The topological polar surface area (TPSA) is 59.6 Å². The molecule has 2 aromatic carbocycles. The summed E-state index contributed by atoms with van der Waals surface area (Å²) in [7, 11) is 0. The van der Waals surface area contributed by atoms with Gasteiger partial charge < -0.3 is 15.8 Å². The molecule has 0 aliphatic carbocycles. The Labute approximate surface area is 155 Å². The maximum Gasteiger partial charge on any atom is 0.188 e. The molecule has 0 unspecified atom stereocenters. The second-order valence-corrected chi connectivity index (χ2v) is 5.05. The standard InChI is InChI=1S/C18H23N3O.HI/c1-2-12-20-18(19)21-13-15-8-10-17(11-9-15)22-14-16-6-4-3-5-7-16;/h3-11H,2,12-14H2,1H3,(H3,19,20,21);1H. The van der Waals surface area contributed by atoms with Crippen LogP contribution in [0.25, 0.3) is 0 Å². The molecule has 0 bridgehead atoms. The molecule has 0 aliphatic rings. The van der Waals surface area contributed by atoms with Gasteiger partial charge in [-0.05, 0) is 29.7 Å². The van der Waals surface area contributed by atoms with Crippen LogP contribution in [0.15, 0.2) is 59.6 Å². The van der Waals surface area contributed by atoms with Crippen LogP contribution in [0, 0.1) is 0 Å². The minimum atomic E-state index is 0. The van der Waals surface area contributed by atoms with Gasteiger partial charge in [-0.2, -0.15) is 0 Å². The largest absolute Gasteiger partial charge is 0.489 e. The average Bonchev–Trinajstić information content (AvgIpc) is 2.58. The third kappa shape index (κ3) is 7.36. The number of rotatable bonds is 7. The molecule has 0 saturated carbocycles. The third-order valence-electron chi connectivity index (χ3n) is 3.16. The van der Waals surface area contributed by atoms with Crippen molar-refractivity contribution in [2.24, 2.45) is 10.7 Å². The first-order chi connectivity index (χ1) is 10.8. The Kier molecular flexibility index (Phi) is 9.12. The van der Waals surface area contributed by atoms with E-state index in [2.05, 4.69) is 29.4 Å². The Hall–Kier alpha value is -1.76. The predicted molar refractivity (Wildman–Crippen MR) is 106 cm³/mol. The zero-order chi connectivity index (χ0) is 15.6. The molecule has 0 aromatic heterocycles. The molecule has 3 N–H and O–H groups in total. The number of ether oxygens (including phenoxy) is 1. The minimum Gasteiger partial charge on any atom is -0.489 e. The van der Waals surface area contributed by atoms with Crippen LogP contribution in [0.5, 0.6) is 5.75 Å². The van der Waals surface area contributed by atoms with Crippen LogP contribution in [0.2, 0.25) is 0 Å². The maximum absolute atomic E-state index is 5.76. The molecule has 124 valence electrons. The summed E-state index contributed by atoms with van der Waals surface area (Å²) in [5.41, 5.74) is 8.03. The number of guanidine groups is 1. The molecule has 0 atom stereocenters. The van der Waals surface area contributed by atoms with E-state index in [0.29, 0.717) is 19.1 Å². The normalized spacial score (nSPS) is 10.7. The van der Waals surface area contributed by atoms with Crippen molar-refractivity contribution in [1.29, 1.82) is 0 Å². The van der Waals surface area contributed by atoms with Gasteiger partial charge >= 0.3 is 0 Å². The summed E-state index contributed by atoms with van der Waals surface area (Å²) < 4.78 is 5.75. The van der Waals surface area contributed by atoms with Crippen molar-refractivity contribution in [2.45, 2.75) is 26.5 Å². The highest BCUT2D eigenvalue weighted by molar-refractivity contribution is 14.0. The molecule has 4 nitrogen and oxygen atoms in total. The molecule has 23 heavy (non-hydrogen) atoms. The third-order valence-corrected chi connectivity index (χ3v) is 3.16. The molecule has 0 heterocycles. The van der Waals surface area contributed by atoms with Crippen LogP contribution in [0.3, 0.4) is 0 Å². The van der Waals surface area contributed by atoms with E-state index in [1.165, 1.54) is 0 Å². The van der Waals surface area contributed by atoms with Crippen molar-refractivity contribution in [1.82, 2.24) is 5.32 Å². The van der Waals surface area contributed by atoms with Gasteiger partial charge in [0.2, 0.25) is 0 Å². The van der Waals surface area contributed by atoms with Gasteiger partial charge in [0.15, 0.2) is 5.96 Å². The quantitative estimate of drug-likeness (QED) is 0.404. The van der Waals surface area contributed by atoms with Crippen LogP contribution in [0.4, 0.5) is 0 Å². The van der Waals surface area contributed by atoms with Crippen molar-refractivity contribution in [3.63, 3.8) is 0 Å². The molecular formula is C18H24IN3O. The Bertz CT molecular complexity index is 585. The van der Waals surface area contributed by atoms with E-state index in [9.17, 15) is 0 Å². The van der Waals surface area contributed by atoms with Gasteiger partial charge in [0.05, 0.1) is 6.54 Å². The lowest BCUT2D eigenvalue weighted by atomic mass is 10.2. The number of hydrogen-bond acceptors (Lipinski definition) is 2. The maximum atomic E-state index is 5.76. The SMILES string of the molecule is CCCNC(N)=NCc1ccc(OCc2ccccc2)cc1.I. The summed E-state index contributed by atoms with van der Waals surface area (Å²) in [5, 5.41) is 3.06. The number of aliphatic imine (C=N–C) groups is 1. The van der Waals surface area contributed by atoms with Crippen molar-refractivity contribution in [3.8, 4) is 5.75 Å². The molecule has 0 radical (unpaired) electrons. The van der Waals surface area contributed by atoms with Crippen molar-refractivity contribution < 1.29 is 4.74 Å². The molecule has 0 spiro atoms. The van der Waals surface area contributed by atoms with Gasteiger partial charge in [-0.3, -0.25) is 0 Å². The minimum absolute atomic E-state index is 0. The van der Waals surface area contributed by atoms with E-state index >= 15 is 0 Å². The summed E-state index contributed by atoms with van der Waals surface area (Å²) in [4.78, 5) is 4.30. The Morgan fingerprint density at radius 1 is 1.04 bits per heavy atom. The lowest BCUT2D eigenvalue weighted by molar-refractivity contribution is 0.306. The second kappa shape index (κ2) is 10.9. The molecule has 5 heteroatoms. The number of nitrogens with one attached hydrogen (secondary N) is 1. The van der Waals surface area contributed by atoms with Crippen molar-refractivity contribution in [2.75, 3.05) is 6.54 Å². The molecule has 2 aromatic rings. The summed E-state index contributed by atoms with van der Waals surface area (Å²) >= 11 is 0. The molecule has 0 aliphatic heterocycles. The first-order valence-electron chi connectivity index (χ1n) is 7.57. The van der Waals surface area contributed by atoms with Crippen LogP contribution in [0.1, 0.15) is 24.5 Å². The fourth-order valence-electron chi connectivity index (χ4n) is 1.92. The summed E-state index contributed by atoms with van der Waals surface area (Å²) in [6.45, 7) is 4.09. The molecule has 2 rings (SSSR count). The van der Waals surface area contributed by atoms with E-state index in [1.54, 1.807) is 0 Å². The molecule has 0 amide bonds. The fourth-order valence-corrected chi connectivity index (χ4v) is 1.92. The lowest BCUT2D eigenvalue weighted by Crippen LogP contribution is -2.32. The Balaban J connectivity index is 0.00000264. The summed E-state index contributed by atoms with van der Waals surface area (Å²) in [5.74, 6) is 1.35.